The number of esters is 1. The van der Waals surface area contributed by atoms with Gasteiger partial charge in [0.2, 0.25) is 0 Å². The Kier molecular flexibility index (Phi) is 5.08. The average Bonchev–Trinajstić information content (AvgIpc) is 2.62. The summed E-state index contributed by atoms with van der Waals surface area (Å²) in [6.07, 6.45) is 0. The molecular weight excluding hydrogens is 398 g/mol. The van der Waals surface area contributed by atoms with Crippen LogP contribution in [-0.2, 0) is 11.3 Å². The maximum absolute atomic E-state index is 12.3. The number of hydrogen-bond acceptors (Lipinski definition) is 5. The average molecular weight is 416 g/mol. The summed E-state index contributed by atoms with van der Waals surface area (Å²) < 4.78 is 5.77. The van der Waals surface area contributed by atoms with Crippen LogP contribution in [0.4, 0.5) is 5.69 Å². The zero-order valence-corrected chi connectivity index (χ0v) is 16.3. The zero-order chi connectivity index (χ0) is 18.8. The number of nitrogens with zero attached hydrogens (tertiary/aromatic N) is 2. The predicted octanol–water partition coefficient (Wildman–Crippen LogP) is 3.42. The highest BCUT2D eigenvalue weighted by molar-refractivity contribution is 9.10. The summed E-state index contributed by atoms with van der Waals surface area (Å²) in [5.74, 6) is 0.0607. The van der Waals surface area contributed by atoms with Gasteiger partial charge in [-0.25, -0.2) is 9.78 Å². The molecule has 0 aliphatic rings. The quantitative estimate of drug-likeness (QED) is 0.660. The van der Waals surface area contributed by atoms with Gasteiger partial charge in [-0.15, -0.1) is 0 Å². The minimum atomic E-state index is -0.460. The van der Waals surface area contributed by atoms with Crippen molar-refractivity contribution in [2.45, 2.75) is 13.5 Å². The van der Waals surface area contributed by atoms with Crippen LogP contribution in [0.1, 0.15) is 21.7 Å². The van der Waals surface area contributed by atoms with Crippen LogP contribution in [-0.4, -0.2) is 30.1 Å². The van der Waals surface area contributed by atoms with E-state index in [1.807, 2.05) is 31.0 Å². The first kappa shape index (κ1) is 18.1. The third-order valence-corrected chi connectivity index (χ3v) is 5.04. The van der Waals surface area contributed by atoms with Gasteiger partial charge in [-0.05, 0) is 48.9 Å². The van der Waals surface area contributed by atoms with Crippen LogP contribution in [0.15, 0.2) is 45.7 Å². The van der Waals surface area contributed by atoms with Gasteiger partial charge in [0.05, 0.1) is 30.1 Å². The summed E-state index contributed by atoms with van der Waals surface area (Å²) in [4.78, 5) is 33.3. The van der Waals surface area contributed by atoms with Crippen LogP contribution >= 0.6 is 15.9 Å². The highest BCUT2D eigenvalue weighted by atomic mass is 79.9. The van der Waals surface area contributed by atoms with Crippen molar-refractivity contribution < 1.29 is 9.53 Å². The van der Waals surface area contributed by atoms with Crippen molar-refractivity contribution in [3.63, 3.8) is 0 Å². The van der Waals surface area contributed by atoms with Gasteiger partial charge < -0.3 is 14.6 Å². The van der Waals surface area contributed by atoms with Crippen molar-refractivity contribution in [2.75, 3.05) is 19.1 Å². The molecule has 7 heteroatoms. The van der Waals surface area contributed by atoms with Gasteiger partial charge in [-0.2, -0.15) is 0 Å². The lowest BCUT2D eigenvalue weighted by Crippen LogP contribution is -2.21. The molecule has 2 aromatic carbocycles. The van der Waals surface area contributed by atoms with Crippen LogP contribution in [0.2, 0.25) is 0 Å². The number of carbonyl (C=O) groups excluding carboxylic acids is 1. The van der Waals surface area contributed by atoms with Crippen molar-refractivity contribution in [1.82, 2.24) is 9.97 Å². The minimum absolute atomic E-state index is 0.234. The second-order valence-corrected chi connectivity index (χ2v) is 6.88. The molecule has 26 heavy (non-hydrogen) atoms. The number of rotatable bonds is 4. The maximum atomic E-state index is 12.3. The summed E-state index contributed by atoms with van der Waals surface area (Å²) in [6, 6.07) is 10.7. The summed E-state index contributed by atoms with van der Waals surface area (Å²) in [5, 5.41) is 0.434. The second-order valence-electron chi connectivity index (χ2n) is 6.03. The maximum Gasteiger partial charge on any atom is 0.337 e. The molecule has 3 rings (SSSR count). The number of H-pyrrole nitrogens is 1. The second kappa shape index (κ2) is 7.29. The van der Waals surface area contributed by atoms with Crippen molar-refractivity contribution in [1.29, 1.82) is 0 Å². The van der Waals surface area contributed by atoms with E-state index in [0.29, 0.717) is 28.8 Å². The van der Waals surface area contributed by atoms with Gasteiger partial charge in [0.25, 0.3) is 5.56 Å². The fourth-order valence-electron chi connectivity index (χ4n) is 2.69. The number of carbonyl (C=O) groups is 1. The Bertz CT molecular complexity index is 1050. The van der Waals surface area contributed by atoms with Gasteiger partial charge in [-0.3, -0.25) is 4.79 Å². The Balaban J connectivity index is 1.95. The molecule has 6 nitrogen and oxygen atoms in total. The number of nitrogens with one attached hydrogen (secondary N) is 1. The van der Waals surface area contributed by atoms with E-state index in [4.69, 9.17) is 4.74 Å². The number of ether oxygens (including phenoxy) is 1. The summed E-state index contributed by atoms with van der Waals surface area (Å²) in [6.45, 7) is 2.45. The molecule has 1 N–H and O–H groups in total. The van der Waals surface area contributed by atoms with Gasteiger partial charge in [-0.1, -0.05) is 15.9 Å². The van der Waals surface area contributed by atoms with Gasteiger partial charge in [0.15, 0.2) is 0 Å². The molecule has 0 radical (unpaired) electrons. The number of anilines is 1. The van der Waals surface area contributed by atoms with Crippen molar-refractivity contribution in [3.8, 4) is 0 Å². The predicted molar refractivity (Wildman–Crippen MR) is 105 cm³/mol. The van der Waals surface area contributed by atoms with E-state index in [-0.39, 0.29) is 5.56 Å². The van der Waals surface area contributed by atoms with Crippen LogP contribution in [0.5, 0.6) is 0 Å². The van der Waals surface area contributed by atoms with Crippen LogP contribution in [0, 0.1) is 6.92 Å². The first-order valence-electron chi connectivity index (χ1n) is 7.97. The highest BCUT2D eigenvalue weighted by Crippen LogP contribution is 2.23. The SMILES string of the molecule is COC(=O)c1ccc2c(=O)[nH]c(CN(C)c3ccc(Br)c(C)c3)nc2c1. The Hall–Kier alpha value is -2.67. The lowest BCUT2D eigenvalue weighted by molar-refractivity contribution is 0.0601. The van der Waals surface area contributed by atoms with E-state index < -0.39 is 5.97 Å². The third-order valence-electron chi connectivity index (χ3n) is 4.15. The van der Waals surface area contributed by atoms with Gasteiger partial charge >= 0.3 is 5.97 Å². The largest absolute Gasteiger partial charge is 0.465 e. The number of hydrogen-bond donors (Lipinski definition) is 1. The summed E-state index contributed by atoms with van der Waals surface area (Å²) >= 11 is 3.49. The molecule has 0 fully saturated rings. The molecule has 0 saturated carbocycles. The molecule has 1 heterocycles. The fraction of sp³-hybridized carbons (Fsp3) is 0.211. The molecule has 0 aliphatic heterocycles. The molecule has 0 bridgehead atoms. The number of aromatic nitrogens is 2. The minimum Gasteiger partial charge on any atom is -0.465 e. The summed E-state index contributed by atoms with van der Waals surface area (Å²) in [7, 11) is 3.25. The van der Waals surface area contributed by atoms with E-state index in [1.54, 1.807) is 18.2 Å². The van der Waals surface area contributed by atoms with E-state index in [1.165, 1.54) is 7.11 Å². The topological polar surface area (TPSA) is 75.3 Å². The molecule has 1 aromatic heterocycles. The fourth-order valence-corrected chi connectivity index (χ4v) is 2.94. The molecule has 3 aromatic rings. The number of benzene rings is 2. The number of fused-ring (bicyclic) bond motifs is 1. The van der Waals surface area contributed by atoms with E-state index in [9.17, 15) is 9.59 Å². The van der Waals surface area contributed by atoms with Gasteiger partial charge in [0, 0.05) is 17.2 Å². The normalized spacial score (nSPS) is 10.8. The molecule has 0 unspecified atom stereocenters. The first-order chi connectivity index (χ1) is 12.4. The summed E-state index contributed by atoms with van der Waals surface area (Å²) in [5.41, 5.74) is 2.73. The van der Waals surface area contributed by atoms with Crippen molar-refractivity contribution in [2.24, 2.45) is 0 Å². The molecule has 0 spiro atoms. The standard InChI is InChI=1S/C19H18BrN3O3/c1-11-8-13(5-7-15(11)20)23(2)10-17-21-16-9-12(19(25)26-3)4-6-14(16)18(24)22-17/h4-9H,10H2,1-3H3,(H,21,22,24). The zero-order valence-electron chi connectivity index (χ0n) is 14.7. The molecular formula is C19H18BrN3O3. The number of halogens is 1. The van der Waals surface area contributed by atoms with Crippen molar-refractivity contribution >= 4 is 38.5 Å². The molecule has 134 valence electrons. The Morgan fingerprint density at radius 3 is 2.73 bits per heavy atom. The first-order valence-corrected chi connectivity index (χ1v) is 8.77. The Morgan fingerprint density at radius 2 is 2.04 bits per heavy atom. The lowest BCUT2D eigenvalue weighted by atomic mass is 10.1. The Morgan fingerprint density at radius 1 is 1.27 bits per heavy atom. The van der Waals surface area contributed by atoms with E-state index in [2.05, 4.69) is 32.0 Å². The van der Waals surface area contributed by atoms with Crippen LogP contribution < -0.4 is 10.5 Å². The highest BCUT2D eigenvalue weighted by Gasteiger charge is 2.11. The monoisotopic (exact) mass is 415 g/mol. The molecule has 0 amide bonds. The number of aromatic amines is 1. The van der Waals surface area contributed by atoms with Crippen LogP contribution in [0.25, 0.3) is 10.9 Å². The van der Waals surface area contributed by atoms with Crippen LogP contribution in [0.3, 0.4) is 0 Å². The number of aryl methyl sites for hydroxylation is 1. The Labute approximate surface area is 158 Å². The lowest BCUT2D eigenvalue weighted by Gasteiger charge is -2.19. The molecule has 0 aliphatic carbocycles. The molecule has 0 atom stereocenters. The van der Waals surface area contributed by atoms with Gasteiger partial charge in [0.1, 0.15) is 5.82 Å². The van der Waals surface area contributed by atoms with E-state index >= 15 is 0 Å². The smallest absolute Gasteiger partial charge is 0.337 e. The third kappa shape index (κ3) is 3.62. The number of methoxy groups -OCH3 is 1. The molecule has 0 saturated heterocycles. The van der Waals surface area contributed by atoms with E-state index in [0.717, 1.165) is 15.7 Å². The van der Waals surface area contributed by atoms with Crippen molar-refractivity contribution in [3.05, 3.63) is 68.2 Å².